The minimum atomic E-state index is 0.137. The highest BCUT2D eigenvalue weighted by Gasteiger charge is 2.22. The number of hydrogen-bond acceptors (Lipinski definition) is 7. The van der Waals surface area contributed by atoms with Crippen LogP contribution in [0.3, 0.4) is 0 Å². The predicted molar refractivity (Wildman–Crippen MR) is 109 cm³/mol. The smallest absolute Gasteiger partial charge is 0.288 e. The molecular weight excluding hydrogens is 394 g/mol. The van der Waals surface area contributed by atoms with Gasteiger partial charge < -0.3 is 9.32 Å². The maximum Gasteiger partial charge on any atom is 0.288 e. The summed E-state index contributed by atoms with van der Waals surface area (Å²) in [6.07, 6.45) is 0.382. The first-order chi connectivity index (χ1) is 13.6. The van der Waals surface area contributed by atoms with Gasteiger partial charge in [-0.15, -0.1) is 16.4 Å². The summed E-state index contributed by atoms with van der Waals surface area (Å²) in [5, 5.41) is 7.36. The average Bonchev–Trinajstić information content (AvgIpc) is 3.28. The summed E-state index contributed by atoms with van der Waals surface area (Å²) in [5.41, 5.74) is 1.87. The van der Waals surface area contributed by atoms with Crippen molar-refractivity contribution in [3.8, 4) is 11.5 Å². The van der Waals surface area contributed by atoms with E-state index in [0.29, 0.717) is 36.9 Å². The molecule has 28 heavy (non-hydrogen) atoms. The molecule has 1 aliphatic rings. The van der Waals surface area contributed by atoms with Crippen LogP contribution in [0.15, 0.2) is 40.1 Å². The van der Waals surface area contributed by atoms with Gasteiger partial charge in [-0.1, -0.05) is 18.2 Å². The summed E-state index contributed by atoms with van der Waals surface area (Å²) >= 11 is 6.86. The van der Waals surface area contributed by atoms with Crippen molar-refractivity contribution in [1.82, 2.24) is 24.6 Å². The number of carbonyl (C=O) groups excluding carboxylic acids is 1. The maximum atomic E-state index is 12.5. The Kier molecular flexibility index (Phi) is 5.65. The zero-order valence-corrected chi connectivity index (χ0v) is 17.2. The number of amides is 1. The first-order valence-corrected chi connectivity index (χ1v) is 10.4. The van der Waals surface area contributed by atoms with E-state index in [-0.39, 0.29) is 5.91 Å². The summed E-state index contributed by atoms with van der Waals surface area (Å²) in [7, 11) is 0. The van der Waals surface area contributed by atoms with Crippen LogP contribution in [-0.4, -0.2) is 56.7 Å². The third-order valence-corrected chi connectivity index (χ3v) is 5.92. The molecule has 1 aliphatic heterocycles. The van der Waals surface area contributed by atoms with Crippen molar-refractivity contribution >= 4 is 29.5 Å². The van der Waals surface area contributed by atoms with Crippen LogP contribution in [0.1, 0.15) is 10.7 Å². The molecule has 0 spiro atoms. The van der Waals surface area contributed by atoms with Gasteiger partial charge in [0, 0.05) is 42.8 Å². The van der Waals surface area contributed by atoms with Gasteiger partial charge in [-0.05, 0) is 31.3 Å². The number of thiazole rings is 1. The molecule has 0 unspecified atom stereocenters. The molecule has 0 bridgehead atoms. The van der Waals surface area contributed by atoms with E-state index in [1.165, 1.54) is 0 Å². The van der Waals surface area contributed by atoms with Gasteiger partial charge >= 0.3 is 0 Å². The Morgan fingerprint density at radius 1 is 1.21 bits per heavy atom. The molecular formula is C19H21N5O2S2. The van der Waals surface area contributed by atoms with Crippen LogP contribution >= 0.6 is 23.6 Å². The molecule has 3 heterocycles. The topological polar surface area (TPSA) is 67.4 Å². The largest absolute Gasteiger partial charge is 0.409 e. The van der Waals surface area contributed by atoms with Crippen molar-refractivity contribution in [2.24, 2.45) is 0 Å². The monoisotopic (exact) mass is 415 g/mol. The van der Waals surface area contributed by atoms with E-state index in [1.807, 2.05) is 47.5 Å². The Balaban J connectivity index is 1.33. The Morgan fingerprint density at radius 2 is 1.96 bits per heavy atom. The number of piperazine rings is 1. The number of hydrogen-bond donors (Lipinski definition) is 0. The van der Waals surface area contributed by atoms with Gasteiger partial charge in [0.15, 0.2) is 0 Å². The van der Waals surface area contributed by atoms with Gasteiger partial charge in [0.25, 0.3) is 4.84 Å². The Hall–Kier alpha value is -2.36. The van der Waals surface area contributed by atoms with E-state index in [2.05, 4.69) is 15.0 Å². The molecule has 0 radical (unpaired) electrons. The highest BCUT2D eigenvalue weighted by Crippen LogP contribution is 2.18. The van der Waals surface area contributed by atoms with Crippen molar-refractivity contribution in [3.63, 3.8) is 0 Å². The highest BCUT2D eigenvalue weighted by molar-refractivity contribution is 7.71. The lowest BCUT2D eigenvalue weighted by atomic mass is 10.2. The Morgan fingerprint density at radius 3 is 2.64 bits per heavy atom. The quantitative estimate of drug-likeness (QED) is 0.597. The molecule has 0 atom stereocenters. The molecule has 0 saturated carbocycles. The lowest BCUT2D eigenvalue weighted by molar-refractivity contribution is -0.132. The normalized spacial score (nSPS) is 15.1. The fraction of sp³-hybridized carbons (Fsp3) is 0.368. The molecule has 7 nitrogen and oxygen atoms in total. The maximum absolute atomic E-state index is 12.5. The zero-order chi connectivity index (χ0) is 19.5. The molecule has 146 valence electrons. The number of benzene rings is 1. The minimum absolute atomic E-state index is 0.137. The minimum Gasteiger partial charge on any atom is -0.409 e. The van der Waals surface area contributed by atoms with Crippen LogP contribution in [-0.2, 0) is 17.9 Å². The summed E-state index contributed by atoms with van der Waals surface area (Å²) < 4.78 is 7.34. The number of aryl methyl sites for hydroxylation is 1. The Bertz CT molecular complexity index is 1000. The van der Waals surface area contributed by atoms with Crippen LogP contribution in [0.4, 0.5) is 0 Å². The van der Waals surface area contributed by atoms with E-state index in [4.69, 9.17) is 16.6 Å². The fourth-order valence-electron chi connectivity index (χ4n) is 3.15. The molecule has 0 aliphatic carbocycles. The molecule has 1 saturated heterocycles. The Labute approximate surface area is 172 Å². The third kappa shape index (κ3) is 4.37. The molecule has 9 heteroatoms. The van der Waals surface area contributed by atoms with E-state index < -0.39 is 0 Å². The average molecular weight is 416 g/mol. The molecule has 2 aromatic heterocycles. The summed E-state index contributed by atoms with van der Waals surface area (Å²) in [6.45, 7) is 5.44. The standard InChI is InChI=1S/C19H21N5O2S2/c1-14-12-28-16(20-14)11-17(25)23-9-7-22(8-10-23)13-24-19(27)26-18(21-24)15-5-3-2-4-6-15/h2-6,12H,7-11,13H2,1H3. The highest BCUT2D eigenvalue weighted by atomic mass is 32.1. The van der Waals surface area contributed by atoms with Crippen LogP contribution in [0, 0.1) is 11.8 Å². The summed E-state index contributed by atoms with van der Waals surface area (Å²) in [4.78, 5) is 21.4. The third-order valence-electron chi connectivity index (χ3n) is 4.65. The van der Waals surface area contributed by atoms with E-state index in [9.17, 15) is 4.79 Å². The van der Waals surface area contributed by atoms with E-state index in [0.717, 1.165) is 29.4 Å². The van der Waals surface area contributed by atoms with Crippen molar-refractivity contribution in [2.45, 2.75) is 20.0 Å². The first kappa shape index (κ1) is 19.0. The van der Waals surface area contributed by atoms with Gasteiger partial charge in [-0.3, -0.25) is 9.69 Å². The van der Waals surface area contributed by atoms with Crippen molar-refractivity contribution < 1.29 is 9.21 Å². The molecule has 1 fully saturated rings. The SMILES string of the molecule is Cc1csc(CC(=O)N2CCN(Cn3nc(-c4ccccc4)oc3=S)CC2)n1. The molecule has 4 rings (SSSR count). The molecule has 1 amide bonds. The summed E-state index contributed by atoms with van der Waals surface area (Å²) in [5.74, 6) is 0.663. The second-order valence-corrected chi connectivity index (χ2v) is 8.03. The van der Waals surface area contributed by atoms with Gasteiger partial charge in [0.1, 0.15) is 5.01 Å². The fourth-order valence-corrected chi connectivity index (χ4v) is 4.09. The van der Waals surface area contributed by atoms with E-state index in [1.54, 1.807) is 16.0 Å². The summed E-state index contributed by atoms with van der Waals surface area (Å²) in [6, 6.07) is 9.72. The number of carbonyl (C=O) groups is 1. The van der Waals surface area contributed by atoms with Gasteiger partial charge in [-0.25, -0.2) is 9.67 Å². The second kappa shape index (κ2) is 8.34. The molecule has 3 aromatic rings. The first-order valence-electron chi connectivity index (χ1n) is 9.13. The lowest BCUT2D eigenvalue weighted by Crippen LogP contribution is -2.49. The zero-order valence-electron chi connectivity index (χ0n) is 15.6. The van der Waals surface area contributed by atoms with Crippen LogP contribution in [0.2, 0.25) is 0 Å². The van der Waals surface area contributed by atoms with Crippen molar-refractivity contribution in [3.05, 3.63) is 51.3 Å². The van der Waals surface area contributed by atoms with Crippen LogP contribution in [0.5, 0.6) is 0 Å². The predicted octanol–water partition coefficient (Wildman–Crippen LogP) is 2.98. The van der Waals surface area contributed by atoms with E-state index >= 15 is 0 Å². The lowest BCUT2D eigenvalue weighted by Gasteiger charge is -2.34. The van der Waals surface area contributed by atoms with Gasteiger partial charge in [-0.2, -0.15) is 0 Å². The second-order valence-electron chi connectivity index (χ2n) is 6.74. The van der Waals surface area contributed by atoms with Crippen molar-refractivity contribution in [1.29, 1.82) is 0 Å². The van der Waals surface area contributed by atoms with Crippen LogP contribution < -0.4 is 0 Å². The molecule has 1 aromatic carbocycles. The number of rotatable bonds is 5. The molecule has 0 N–H and O–H groups in total. The van der Waals surface area contributed by atoms with Crippen molar-refractivity contribution in [2.75, 3.05) is 26.2 Å². The van der Waals surface area contributed by atoms with Crippen LogP contribution in [0.25, 0.3) is 11.5 Å². The number of nitrogens with zero attached hydrogens (tertiary/aromatic N) is 5. The number of aromatic nitrogens is 3. The van der Waals surface area contributed by atoms with Gasteiger partial charge in [0.2, 0.25) is 11.8 Å². The van der Waals surface area contributed by atoms with Gasteiger partial charge in [0.05, 0.1) is 13.1 Å².